The maximum Gasteiger partial charge on any atom is 0.0608 e. The van der Waals surface area contributed by atoms with E-state index in [0.29, 0.717) is 3.92 Å². The zero-order chi connectivity index (χ0) is 12.4. The van der Waals surface area contributed by atoms with Crippen molar-refractivity contribution in [1.82, 2.24) is 0 Å². The van der Waals surface area contributed by atoms with Crippen LogP contribution in [0.4, 0.5) is 0 Å². The third-order valence-corrected chi connectivity index (χ3v) is 4.60. The van der Waals surface area contributed by atoms with Crippen molar-refractivity contribution in [3.8, 4) is 0 Å². The van der Waals surface area contributed by atoms with Crippen LogP contribution in [0.1, 0.15) is 15.1 Å². The Morgan fingerprint density at radius 2 is 1.28 bits per heavy atom. The number of rotatable bonds is 2. The molecule has 3 aromatic rings. The molecular formula is C17H13I. The molecule has 0 spiro atoms. The number of benzene rings is 3. The quantitative estimate of drug-likeness (QED) is 0.433. The van der Waals surface area contributed by atoms with Crippen molar-refractivity contribution in [3.05, 3.63) is 83.9 Å². The van der Waals surface area contributed by atoms with Crippen LogP contribution < -0.4 is 0 Å². The van der Waals surface area contributed by atoms with E-state index in [1.165, 1.54) is 21.9 Å². The molecule has 1 atom stereocenters. The molecule has 1 heteroatoms. The lowest BCUT2D eigenvalue weighted by Gasteiger charge is -2.11. The van der Waals surface area contributed by atoms with Crippen LogP contribution in [0.15, 0.2) is 72.8 Å². The Bertz CT molecular complexity index is 659. The van der Waals surface area contributed by atoms with Crippen LogP contribution in [0.3, 0.4) is 0 Å². The Labute approximate surface area is 121 Å². The lowest BCUT2D eigenvalue weighted by Crippen LogP contribution is -1.91. The van der Waals surface area contributed by atoms with Gasteiger partial charge in [-0.3, -0.25) is 0 Å². The summed E-state index contributed by atoms with van der Waals surface area (Å²) in [5, 5.41) is 2.62. The molecule has 0 amide bonds. The molecule has 0 aliphatic carbocycles. The molecule has 0 fully saturated rings. The fourth-order valence-corrected chi connectivity index (χ4v) is 2.98. The summed E-state index contributed by atoms with van der Waals surface area (Å²) in [6.07, 6.45) is 0. The van der Waals surface area contributed by atoms with Gasteiger partial charge in [0.2, 0.25) is 0 Å². The molecule has 0 aliphatic heterocycles. The average molecular weight is 344 g/mol. The Morgan fingerprint density at radius 1 is 0.611 bits per heavy atom. The van der Waals surface area contributed by atoms with Gasteiger partial charge in [0.25, 0.3) is 0 Å². The van der Waals surface area contributed by atoms with Crippen molar-refractivity contribution in [3.63, 3.8) is 0 Å². The molecule has 0 nitrogen and oxygen atoms in total. The number of hydrogen-bond acceptors (Lipinski definition) is 0. The highest BCUT2D eigenvalue weighted by Crippen LogP contribution is 2.32. The van der Waals surface area contributed by atoms with Gasteiger partial charge in [-0.15, -0.1) is 0 Å². The van der Waals surface area contributed by atoms with Crippen LogP contribution >= 0.6 is 22.6 Å². The molecule has 0 saturated heterocycles. The molecule has 0 heterocycles. The highest BCUT2D eigenvalue weighted by Gasteiger charge is 2.09. The van der Waals surface area contributed by atoms with Gasteiger partial charge in [0.1, 0.15) is 0 Å². The van der Waals surface area contributed by atoms with E-state index in [2.05, 4.69) is 95.4 Å². The fraction of sp³-hybridized carbons (Fsp3) is 0.0588. The summed E-state index contributed by atoms with van der Waals surface area (Å²) in [4.78, 5) is 0. The number of alkyl halides is 1. The van der Waals surface area contributed by atoms with Crippen LogP contribution in [-0.2, 0) is 0 Å². The van der Waals surface area contributed by atoms with Gasteiger partial charge in [-0.2, -0.15) is 0 Å². The second kappa shape index (κ2) is 5.11. The number of halogens is 1. The van der Waals surface area contributed by atoms with Crippen molar-refractivity contribution >= 4 is 33.4 Å². The molecule has 3 rings (SSSR count). The maximum atomic E-state index is 2.51. The molecule has 18 heavy (non-hydrogen) atoms. The summed E-state index contributed by atoms with van der Waals surface area (Å²) < 4.78 is 0.411. The molecule has 0 aliphatic rings. The van der Waals surface area contributed by atoms with Crippen LogP contribution in [0.25, 0.3) is 10.8 Å². The SMILES string of the molecule is IC(c1ccccc1)c1ccc2ccccc2c1. The van der Waals surface area contributed by atoms with Gasteiger partial charge in [0, 0.05) is 0 Å². The van der Waals surface area contributed by atoms with Crippen molar-refractivity contribution in [2.45, 2.75) is 3.92 Å². The summed E-state index contributed by atoms with van der Waals surface area (Å²) in [5.41, 5.74) is 2.72. The second-order valence-electron chi connectivity index (χ2n) is 4.38. The lowest BCUT2D eigenvalue weighted by molar-refractivity contribution is 1.21. The normalized spacial score (nSPS) is 12.5. The zero-order valence-electron chi connectivity index (χ0n) is 9.88. The monoisotopic (exact) mass is 344 g/mol. The number of hydrogen-bond donors (Lipinski definition) is 0. The van der Waals surface area contributed by atoms with Crippen molar-refractivity contribution in [1.29, 1.82) is 0 Å². The third kappa shape index (κ3) is 2.27. The predicted molar refractivity (Wildman–Crippen MR) is 86.3 cm³/mol. The molecule has 88 valence electrons. The Hall–Kier alpha value is -1.35. The Morgan fingerprint density at radius 3 is 2.06 bits per heavy atom. The molecule has 0 N–H and O–H groups in total. The van der Waals surface area contributed by atoms with E-state index in [1.807, 2.05) is 0 Å². The average Bonchev–Trinajstić information content (AvgIpc) is 2.47. The molecule has 0 bridgehead atoms. The zero-order valence-corrected chi connectivity index (χ0v) is 12.0. The largest absolute Gasteiger partial charge is 0.0722 e. The summed E-state index contributed by atoms with van der Waals surface area (Å²) >= 11 is 2.51. The minimum Gasteiger partial charge on any atom is -0.0722 e. The van der Waals surface area contributed by atoms with E-state index in [1.54, 1.807) is 0 Å². The fourth-order valence-electron chi connectivity index (χ4n) is 2.18. The van der Waals surface area contributed by atoms with Crippen molar-refractivity contribution in [2.24, 2.45) is 0 Å². The first-order valence-corrected chi connectivity index (χ1v) is 7.27. The second-order valence-corrected chi connectivity index (χ2v) is 5.63. The first-order chi connectivity index (χ1) is 8.84. The highest BCUT2D eigenvalue weighted by molar-refractivity contribution is 14.1. The first-order valence-electron chi connectivity index (χ1n) is 6.02. The van der Waals surface area contributed by atoms with Crippen molar-refractivity contribution in [2.75, 3.05) is 0 Å². The minimum atomic E-state index is 0.411. The van der Waals surface area contributed by atoms with E-state index in [-0.39, 0.29) is 0 Å². The third-order valence-electron chi connectivity index (χ3n) is 3.16. The summed E-state index contributed by atoms with van der Waals surface area (Å²) in [6, 6.07) is 25.9. The van der Waals surface area contributed by atoms with E-state index < -0.39 is 0 Å². The molecule has 1 unspecified atom stereocenters. The Kier molecular flexibility index (Phi) is 3.33. The summed E-state index contributed by atoms with van der Waals surface area (Å²) in [6.45, 7) is 0. The van der Waals surface area contributed by atoms with Crippen LogP contribution in [0, 0.1) is 0 Å². The van der Waals surface area contributed by atoms with Gasteiger partial charge < -0.3 is 0 Å². The Balaban J connectivity index is 2.04. The summed E-state index contributed by atoms with van der Waals surface area (Å²) in [7, 11) is 0. The molecule has 0 saturated carbocycles. The first kappa shape index (κ1) is 11.7. The summed E-state index contributed by atoms with van der Waals surface area (Å²) in [5.74, 6) is 0. The van der Waals surface area contributed by atoms with Crippen LogP contribution in [0.5, 0.6) is 0 Å². The van der Waals surface area contributed by atoms with Crippen molar-refractivity contribution < 1.29 is 0 Å². The standard InChI is InChI=1S/C17H13I/c18-17(14-7-2-1-3-8-14)16-11-10-13-6-4-5-9-15(13)12-16/h1-12,17H. The van der Waals surface area contributed by atoms with Crippen LogP contribution in [-0.4, -0.2) is 0 Å². The predicted octanol–water partition coefficient (Wildman–Crippen LogP) is 5.36. The molecule has 3 aromatic carbocycles. The molecule has 0 aromatic heterocycles. The van der Waals surface area contributed by atoms with Gasteiger partial charge >= 0.3 is 0 Å². The highest BCUT2D eigenvalue weighted by atomic mass is 127. The van der Waals surface area contributed by atoms with Gasteiger partial charge in [-0.25, -0.2) is 0 Å². The van der Waals surface area contributed by atoms with Gasteiger partial charge in [-0.1, -0.05) is 89.3 Å². The van der Waals surface area contributed by atoms with E-state index in [9.17, 15) is 0 Å². The topological polar surface area (TPSA) is 0 Å². The van der Waals surface area contributed by atoms with Gasteiger partial charge in [0.15, 0.2) is 0 Å². The van der Waals surface area contributed by atoms with E-state index in [4.69, 9.17) is 0 Å². The van der Waals surface area contributed by atoms with Gasteiger partial charge in [0.05, 0.1) is 3.92 Å². The minimum absolute atomic E-state index is 0.411. The lowest BCUT2D eigenvalue weighted by atomic mass is 10.0. The number of fused-ring (bicyclic) bond motifs is 1. The molecular weight excluding hydrogens is 331 g/mol. The van der Waals surface area contributed by atoms with E-state index in [0.717, 1.165) is 0 Å². The van der Waals surface area contributed by atoms with E-state index >= 15 is 0 Å². The van der Waals surface area contributed by atoms with Gasteiger partial charge in [-0.05, 0) is 28.0 Å². The smallest absolute Gasteiger partial charge is 0.0608 e. The molecule has 0 radical (unpaired) electrons. The van der Waals surface area contributed by atoms with Crippen LogP contribution in [0.2, 0.25) is 0 Å². The maximum absolute atomic E-state index is 2.51.